The SMILES string of the molecule is CCCCCC1CC1CC1CC1CCCCCCCCOC(=O)/C=C(C)/C=C/C=C(C)/C=C/C1=C(C)CCCC1(C)C. The highest BCUT2D eigenvalue weighted by atomic mass is 16.5. The van der Waals surface area contributed by atoms with Gasteiger partial charge in [-0.2, -0.15) is 0 Å². The van der Waals surface area contributed by atoms with Gasteiger partial charge in [0, 0.05) is 6.08 Å². The van der Waals surface area contributed by atoms with Gasteiger partial charge in [0.2, 0.25) is 0 Å². The van der Waals surface area contributed by atoms with Crippen molar-refractivity contribution in [2.75, 3.05) is 6.61 Å². The monoisotopic (exact) mass is 576 g/mol. The Morgan fingerprint density at radius 3 is 2.17 bits per heavy atom. The fourth-order valence-electron chi connectivity index (χ4n) is 7.25. The van der Waals surface area contributed by atoms with Gasteiger partial charge in [0.05, 0.1) is 6.61 Å². The second-order valence-corrected chi connectivity index (χ2v) is 14.7. The van der Waals surface area contributed by atoms with E-state index in [0.717, 1.165) is 42.1 Å². The zero-order valence-corrected chi connectivity index (χ0v) is 28.3. The maximum atomic E-state index is 12.2. The molecule has 0 saturated heterocycles. The molecule has 236 valence electrons. The van der Waals surface area contributed by atoms with Crippen LogP contribution in [-0.4, -0.2) is 12.6 Å². The summed E-state index contributed by atoms with van der Waals surface area (Å²) in [5, 5.41) is 0. The van der Waals surface area contributed by atoms with Gasteiger partial charge in [-0.3, -0.25) is 0 Å². The molecular formula is C40H64O2. The highest BCUT2D eigenvalue weighted by Crippen LogP contribution is 2.54. The minimum Gasteiger partial charge on any atom is -0.463 e. The second kappa shape index (κ2) is 18.1. The molecule has 3 aliphatic rings. The first kappa shape index (κ1) is 34.7. The van der Waals surface area contributed by atoms with E-state index in [9.17, 15) is 4.79 Å². The van der Waals surface area contributed by atoms with Crippen molar-refractivity contribution >= 4 is 5.97 Å². The quantitative estimate of drug-likeness (QED) is 0.0623. The summed E-state index contributed by atoms with van der Waals surface area (Å²) in [6, 6.07) is 0. The number of carbonyl (C=O) groups excluding carboxylic acids is 1. The third-order valence-corrected chi connectivity index (χ3v) is 10.3. The summed E-state index contributed by atoms with van der Waals surface area (Å²) in [4.78, 5) is 12.2. The minimum absolute atomic E-state index is 0.225. The third-order valence-electron chi connectivity index (χ3n) is 10.3. The van der Waals surface area contributed by atoms with E-state index in [1.165, 1.54) is 100 Å². The molecule has 2 nitrogen and oxygen atoms in total. The molecule has 4 unspecified atom stereocenters. The number of carbonyl (C=O) groups is 1. The van der Waals surface area contributed by atoms with Gasteiger partial charge < -0.3 is 4.74 Å². The van der Waals surface area contributed by atoms with E-state index in [0.29, 0.717) is 6.61 Å². The standard InChI is InChI=1S/C40H64O2/c1-7-8-13-21-34-28-36(34)30-37-29-35(37)22-14-11-9-10-12-15-26-42-39(41)27-32(3)19-16-18-31(2)23-24-38-33(4)20-17-25-40(38,5)6/h16,18-19,23-24,27,34-37H,7-15,17,20-22,25-26,28-30H2,1-6H3/b19-16+,24-23+,31-18+,32-27+. The Labute approximate surface area is 260 Å². The normalized spacial score (nSPS) is 26.0. The number of hydrogen-bond acceptors (Lipinski definition) is 2. The zero-order chi connectivity index (χ0) is 30.4. The lowest BCUT2D eigenvalue weighted by Crippen LogP contribution is -2.19. The van der Waals surface area contributed by atoms with Gasteiger partial charge in [-0.1, -0.05) is 127 Å². The van der Waals surface area contributed by atoms with Crippen molar-refractivity contribution in [1.82, 2.24) is 0 Å². The van der Waals surface area contributed by atoms with Crippen LogP contribution in [0, 0.1) is 29.1 Å². The van der Waals surface area contributed by atoms with Gasteiger partial charge in [0.25, 0.3) is 0 Å². The van der Waals surface area contributed by atoms with Crippen molar-refractivity contribution in [2.45, 2.75) is 151 Å². The molecule has 0 N–H and O–H groups in total. The zero-order valence-electron chi connectivity index (χ0n) is 28.3. The average Bonchev–Trinajstić information content (AvgIpc) is 3.85. The van der Waals surface area contributed by atoms with Crippen LogP contribution in [0.4, 0.5) is 0 Å². The van der Waals surface area contributed by atoms with Crippen molar-refractivity contribution in [3.8, 4) is 0 Å². The highest BCUT2D eigenvalue weighted by Gasteiger charge is 2.44. The first-order valence-corrected chi connectivity index (χ1v) is 17.8. The molecule has 3 aliphatic carbocycles. The average molecular weight is 577 g/mol. The fraction of sp³-hybridized carbons (Fsp3) is 0.725. The van der Waals surface area contributed by atoms with Gasteiger partial charge in [-0.05, 0) is 106 Å². The van der Waals surface area contributed by atoms with E-state index in [-0.39, 0.29) is 11.4 Å². The molecule has 0 aromatic rings. The predicted octanol–water partition coefficient (Wildman–Crippen LogP) is 12.0. The number of unbranched alkanes of at least 4 members (excludes halogenated alkanes) is 7. The van der Waals surface area contributed by atoms with Gasteiger partial charge in [0.15, 0.2) is 0 Å². The second-order valence-electron chi connectivity index (χ2n) is 14.7. The molecule has 2 heteroatoms. The Bertz CT molecular complexity index is 987. The lowest BCUT2D eigenvalue weighted by Gasteiger charge is -2.32. The molecule has 2 fully saturated rings. The molecule has 4 atom stereocenters. The molecule has 2 saturated carbocycles. The molecule has 0 bridgehead atoms. The molecule has 0 aromatic heterocycles. The van der Waals surface area contributed by atoms with Gasteiger partial charge in [0.1, 0.15) is 0 Å². The predicted molar refractivity (Wildman–Crippen MR) is 181 cm³/mol. The Morgan fingerprint density at radius 1 is 0.857 bits per heavy atom. The molecule has 0 heterocycles. The molecule has 0 aromatic carbocycles. The van der Waals surface area contributed by atoms with E-state index < -0.39 is 0 Å². The molecule has 42 heavy (non-hydrogen) atoms. The topological polar surface area (TPSA) is 26.3 Å². The van der Waals surface area contributed by atoms with Crippen molar-refractivity contribution in [2.24, 2.45) is 29.1 Å². The summed E-state index contributed by atoms with van der Waals surface area (Å²) in [5.74, 6) is 4.11. The molecular weight excluding hydrogens is 512 g/mol. The van der Waals surface area contributed by atoms with Crippen LogP contribution >= 0.6 is 0 Å². The first-order chi connectivity index (χ1) is 20.2. The van der Waals surface area contributed by atoms with E-state index in [1.54, 1.807) is 18.9 Å². The number of esters is 1. The highest BCUT2D eigenvalue weighted by molar-refractivity contribution is 5.83. The van der Waals surface area contributed by atoms with Crippen LogP contribution in [0.15, 0.2) is 58.7 Å². The van der Waals surface area contributed by atoms with Crippen LogP contribution in [0.2, 0.25) is 0 Å². The maximum Gasteiger partial charge on any atom is 0.331 e. The first-order valence-electron chi connectivity index (χ1n) is 17.8. The number of rotatable bonds is 20. The van der Waals surface area contributed by atoms with Crippen LogP contribution in [0.5, 0.6) is 0 Å². The number of ether oxygens (including phenoxy) is 1. The Morgan fingerprint density at radius 2 is 1.50 bits per heavy atom. The lowest BCUT2D eigenvalue weighted by atomic mass is 9.72. The summed E-state index contributed by atoms with van der Waals surface area (Å²) in [5.41, 5.74) is 5.40. The van der Waals surface area contributed by atoms with Crippen LogP contribution < -0.4 is 0 Å². The molecule has 0 amide bonds. The number of hydrogen-bond donors (Lipinski definition) is 0. The Kier molecular flexibility index (Phi) is 14.9. The largest absolute Gasteiger partial charge is 0.463 e. The Balaban J connectivity index is 1.17. The summed E-state index contributed by atoms with van der Waals surface area (Å²) >= 11 is 0. The van der Waals surface area contributed by atoms with Crippen LogP contribution in [0.1, 0.15) is 151 Å². The van der Waals surface area contributed by atoms with Gasteiger partial charge in [-0.15, -0.1) is 0 Å². The van der Waals surface area contributed by atoms with Gasteiger partial charge in [-0.25, -0.2) is 4.79 Å². The molecule has 0 aliphatic heterocycles. The number of allylic oxidation sites excluding steroid dienone is 9. The minimum atomic E-state index is -0.225. The third kappa shape index (κ3) is 13.2. The van der Waals surface area contributed by atoms with E-state index in [2.05, 4.69) is 52.8 Å². The van der Waals surface area contributed by atoms with Gasteiger partial charge >= 0.3 is 5.97 Å². The van der Waals surface area contributed by atoms with Crippen molar-refractivity contribution in [3.63, 3.8) is 0 Å². The fourth-order valence-corrected chi connectivity index (χ4v) is 7.25. The van der Waals surface area contributed by atoms with E-state index in [1.807, 2.05) is 19.1 Å². The van der Waals surface area contributed by atoms with Crippen molar-refractivity contribution in [1.29, 1.82) is 0 Å². The summed E-state index contributed by atoms with van der Waals surface area (Å²) in [7, 11) is 0. The molecule has 0 spiro atoms. The van der Waals surface area contributed by atoms with E-state index >= 15 is 0 Å². The summed E-state index contributed by atoms with van der Waals surface area (Å²) in [6.45, 7) is 13.9. The van der Waals surface area contributed by atoms with Crippen LogP contribution in [-0.2, 0) is 9.53 Å². The van der Waals surface area contributed by atoms with Crippen LogP contribution in [0.3, 0.4) is 0 Å². The Hall–Kier alpha value is -1.83. The van der Waals surface area contributed by atoms with Crippen molar-refractivity contribution in [3.05, 3.63) is 58.7 Å². The lowest BCUT2D eigenvalue weighted by molar-refractivity contribution is -0.137. The van der Waals surface area contributed by atoms with E-state index in [4.69, 9.17) is 4.74 Å². The van der Waals surface area contributed by atoms with Crippen LogP contribution in [0.25, 0.3) is 0 Å². The maximum absolute atomic E-state index is 12.2. The molecule has 3 rings (SSSR count). The molecule has 0 radical (unpaired) electrons. The smallest absolute Gasteiger partial charge is 0.331 e. The summed E-state index contributed by atoms with van der Waals surface area (Å²) < 4.78 is 5.45. The van der Waals surface area contributed by atoms with Crippen molar-refractivity contribution < 1.29 is 9.53 Å². The summed E-state index contributed by atoms with van der Waals surface area (Å²) in [6.07, 6.45) is 35.4.